The molecular formula is C66H127NO5. The van der Waals surface area contributed by atoms with Crippen molar-refractivity contribution in [1.29, 1.82) is 0 Å². The zero-order valence-corrected chi connectivity index (χ0v) is 48.7. The molecule has 0 aliphatic rings. The number of nitrogens with one attached hydrogen (secondary N) is 1. The molecule has 0 aromatic carbocycles. The van der Waals surface area contributed by atoms with Gasteiger partial charge in [-0.2, -0.15) is 0 Å². The first kappa shape index (κ1) is 70.3. The van der Waals surface area contributed by atoms with Gasteiger partial charge in [-0.05, 0) is 77.0 Å². The highest BCUT2D eigenvalue weighted by Gasteiger charge is 2.20. The number of unbranched alkanes of at least 4 members (excludes halogenated alkanes) is 46. The van der Waals surface area contributed by atoms with Crippen LogP contribution in [0.15, 0.2) is 24.3 Å². The van der Waals surface area contributed by atoms with Crippen LogP contribution in [-0.4, -0.2) is 47.4 Å². The first-order chi connectivity index (χ1) is 35.5. The second-order valence-corrected chi connectivity index (χ2v) is 22.4. The highest BCUT2D eigenvalue weighted by Crippen LogP contribution is 2.18. The molecule has 0 spiro atoms. The number of carbonyl (C=O) groups excluding carboxylic acids is 2. The third-order valence-electron chi connectivity index (χ3n) is 15.2. The third kappa shape index (κ3) is 57.6. The van der Waals surface area contributed by atoms with Crippen molar-refractivity contribution in [3.8, 4) is 0 Å². The molecule has 72 heavy (non-hydrogen) atoms. The first-order valence-corrected chi connectivity index (χ1v) is 32.6. The standard InChI is InChI=1S/C66H127NO5/c1-3-5-7-9-11-13-15-17-19-20-21-22-23-24-25-26-27-28-31-34-38-42-46-50-54-58-64(69)63(62-68)67-65(70)59-55-51-47-43-39-35-32-29-33-37-41-45-49-53-57-61-72-66(71)60-56-52-48-44-40-36-30-18-16-14-12-10-8-6-4-2/h18,30,33,37,63-64,68-69H,3-17,19-29,31-32,34-36,38-62H2,1-2H3,(H,67,70)/b30-18-,37-33-. The maximum absolute atomic E-state index is 12.5. The lowest BCUT2D eigenvalue weighted by Gasteiger charge is -2.22. The van der Waals surface area contributed by atoms with Crippen LogP contribution in [0.5, 0.6) is 0 Å². The van der Waals surface area contributed by atoms with Gasteiger partial charge in [0.15, 0.2) is 0 Å². The number of ether oxygens (including phenoxy) is 1. The number of rotatable bonds is 61. The number of amides is 1. The van der Waals surface area contributed by atoms with Crippen LogP contribution in [0.3, 0.4) is 0 Å². The zero-order valence-electron chi connectivity index (χ0n) is 48.7. The monoisotopic (exact) mass is 1010 g/mol. The van der Waals surface area contributed by atoms with Crippen LogP contribution in [0.2, 0.25) is 0 Å². The minimum Gasteiger partial charge on any atom is -0.466 e. The Kier molecular flexibility index (Phi) is 60.5. The Morgan fingerprint density at radius 3 is 0.986 bits per heavy atom. The largest absolute Gasteiger partial charge is 0.466 e. The molecule has 0 fully saturated rings. The van der Waals surface area contributed by atoms with Crippen molar-refractivity contribution < 1.29 is 24.5 Å². The molecular weight excluding hydrogens is 887 g/mol. The lowest BCUT2D eigenvalue weighted by molar-refractivity contribution is -0.143. The van der Waals surface area contributed by atoms with Crippen molar-refractivity contribution >= 4 is 11.9 Å². The highest BCUT2D eigenvalue weighted by molar-refractivity contribution is 5.76. The van der Waals surface area contributed by atoms with Gasteiger partial charge in [0.1, 0.15) is 0 Å². The van der Waals surface area contributed by atoms with Gasteiger partial charge in [-0.15, -0.1) is 0 Å². The number of hydrogen-bond donors (Lipinski definition) is 3. The van der Waals surface area contributed by atoms with Crippen LogP contribution in [0.4, 0.5) is 0 Å². The second kappa shape index (κ2) is 61.9. The number of hydrogen-bond acceptors (Lipinski definition) is 5. The van der Waals surface area contributed by atoms with Crippen molar-refractivity contribution in [3.63, 3.8) is 0 Å². The Morgan fingerprint density at radius 2 is 0.653 bits per heavy atom. The van der Waals surface area contributed by atoms with Crippen LogP contribution in [0.25, 0.3) is 0 Å². The van der Waals surface area contributed by atoms with Gasteiger partial charge >= 0.3 is 5.97 Å². The van der Waals surface area contributed by atoms with Gasteiger partial charge in [0.2, 0.25) is 5.91 Å². The summed E-state index contributed by atoms with van der Waals surface area (Å²) < 4.78 is 5.47. The van der Waals surface area contributed by atoms with Gasteiger partial charge in [0, 0.05) is 12.8 Å². The number of esters is 1. The van der Waals surface area contributed by atoms with Crippen LogP contribution < -0.4 is 5.32 Å². The molecule has 0 heterocycles. The van der Waals surface area contributed by atoms with E-state index in [0.29, 0.717) is 25.9 Å². The maximum Gasteiger partial charge on any atom is 0.305 e. The Hall–Kier alpha value is -1.66. The summed E-state index contributed by atoms with van der Waals surface area (Å²) in [5, 5.41) is 23.4. The number of carbonyl (C=O) groups is 2. The topological polar surface area (TPSA) is 95.9 Å². The summed E-state index contributed by atoms with van der Waals surface area (Å²) in [6.07, 6.45) is 76.2. The Bertz CT molecular complexity index is 1120. The van der Waals surface area contributed by atoms with E-state index in [2.05, 4.69) is 43.5 Å². The minimum atomic E-state index is -0.676. The molecule has 426 valence electrons. The lowest BCUT2D eigenvalue weighted by Crippen LogP contribution is -2.45. The summed E-state index contributed by atoms with van der Waals surface area (Å²) in [5.74, 6) is -0.0634. The molecule has 2 atom stereocenters. The summed E-state index contributed by atoms with van der Waals surface area (Å²) in [5.41, 5.74) is 0. The van der Waals surface area contributed by atoms with Gasteiger partial charge in [0.25, 0.3) is 0 Å². The van der Waals surface area contributed by atoms with E-state index in [0.717, 1.165) is 70.6 Å². The first-order valence-electron chi connectivity index (χ1n) is 32.6. The molecule has 2 unspecified atom stereocenters. The van der Waals surface area contributed by atoms with E-state index in [1.54, 1.807) is 0 Å². The van der Waals surface area contributed by atoms with Crippen molar-refractivity contribution in [3.05, 3.63) is 24.3 Å². The Morgan fingerprint density at radius 1 is 0.375 bits per heavy atom. The van der Waals surface area contributed by atoms with E-state index in [1.165, 1.54) is 257 Å². The average molecular weight is 1010 g/mol. The van der Waals surface area contributed by atoms with Gasteiger partial charge in [-0.25, -0.2) is 0 Å². The normalized spacial score (nSPS) is 12.7. The molecule has 0 aromatic heterocycles. The van der Waals surface area contributed by atoms with E-state index >= 15 is 0 Å². The molecule has 0 aromatic rings. The molecule has 0 rings (SSSR count). The fraction of sp³-hybridized carbons (Fsp3) is 0.909. The number of aliphatic hydroxyl groups is 2. The molecule has 0 saturated heterocycles. The van der Waals surface area contributed by atoms with E-state index in [1.807, 2.05) is 0 Å². The van der Waals surface area contributed by atoms with E-state index in [4.69, 9.17) is 4.74 Å². The van der Waals surface area contributed by atoms with Crippen molar-refractivity contribution in [2.45, 2.75) is 373 Å². The third-order valence-corrected chi connectivity index (χ3v) is 15.2. The summed E-state index contributed by atoms with van der Waals surface area (Å²) in [7, 11) is 0. The Labute approximate surface area is 450 Å². The van der Waals surface area contributed by atoms with Gasteiger partial charge in [-0.1, -0.05) is 295 Å². The zero-order chi connectivity index (χ0) is 52.2. The highest BCUT2D eigenvalue weighted by atomic mass is 16.5. The molecule has 0 radical (unpaired) electrons. The predicted molar refractivity (Wildman–Crippen MR) is 315 cm³/mol. The fourth-order valence-electron chi connectivity index (χ4n) is 10.2. The van der Waals surface area contributed by atoms with Crippen molar-refractivity contribution in [2.24, 2.45) is 0 Å². The molecule has 0 saturated carbocycles. The van der Waals surface area contributed by atoms with Crippen molar-refractivity contribution in [1.82, 2.24) is 5.32 Å². The fourth-order valence-corrected chi connectivity index (χ4v) is 10.2. The maximum atomic E-state index is 12.5. The summed E-state index contributed by atoms with van der Waals surface area (Å²) in [4.78, 5) is 24.6. The van der Waals surface area contributed by atoms with Crippen LogP contribution in [0, 0.1) is 0 Å². The molecule has 6 nitrogen and oxygen atoms in total. The number of aliphatic hydroxyl groups excluding tert-OH is 2. The SMILES string of the molecule is CCCCCCCC/C=C\CCCCCCCC(=O)OCCCCCC/C=C\CCCCCCCCCC(=O)NC(CO)C(O)CCCCCCCCCCCCCCCCCCCCCCCCCCC. The van der Waals surface area contributed by atoms with Gasteiger partial charge < -0.3 is 20.3 Å². The van der Waals surface area contributed by atoms with Crippen molar-refractivity contribution in [2.75, 3.05) is 13.2 Å². The van der Waals surface area contributed by atoms with E-state index < -0.39 is 12.1 Å². The van der Waals surface area contributed by atoms with E-state index in [9.17, 15) is 19.8 Å². The quantitative estimate of drug-likeness (QED) is 0.0320. The summed E-state index contributed by atoms with van der Waals surface area (Å²) in [6, 6.07) is -0.555. The van der Waals surface area contributed by atoms with Crippen LogP contribution in [0.1, 0.15) is 361 Å². The van der Waals surface area contributed by atoms with Crippen LogP contribution >= 0.6 is 0 Å². The molecule has 3 N–H and O–H groups in total. The molecule has 1 amide bonds. The molecule has 0 bridgehead atoms. The summed E-state index contributed by atoms with van der Waals surface area (Å²) >= 11 is 0. The predicted octanol–water partition coefficient (Wildman–Crippen LogP) is 20.6. The lowest BCUT2D eigenvalue weighted by atomic mass is 10.0. The Balaban J connectivity index is 3.46. The van der Waals surface area contributed by atoms with E-state index in [-0.39, 0.29) is 18.5 Å². The number of allylic oxidation sites excluding steroid dienone is 4. The molecule has 0 aliphatic carbocycles. The van der Waals surface area contributed by atoms with Gasteiger partial charge in [-0.3, -0.25) is 9.59 Å². The minimum absolute atomic E-state index is 0.0169. The molecule has 0 aliphatic heterocycles. The summed E-state index contributed by atoms with van der Waals surface area (Å²) in [6.45, 7) is 4.94. The van der Waals surface area contributed by atoms with Crippen LogP contribution in [-0.2, 0) is 14.3 Å². The second-order valence-electron chi connectivity index (χ2n) is 22.4. The smallest absolute Gasteiger partial charge is 0.305 e. The average Bonchev–Trinajstić information content (AvgIpc) is 3.38. The van der Waals surface area contributed by atoms with Gasteiger partial charge in [0.05, 0.1) is 25.4 Å². The molecule has 6 heteroatoms.